The zero-order chi connectivity index (χ0) is 19.2. The van der Waals surface area contributed by atoms with Gasteiger partial charge in [0.05, 0.1) is 16.8 Å². The average Bonchev–Trinajstić information content (AvgIpc) is 2.99. The molecule has 0 radical (unpaired) electrons. The van der Waals surface area contributed by atoms with Gasteiger partial charge in [-0.2, -0.15) is 4.99 Å². The van der Waals surface area contributed by atoms with E-state index in [1.165, 1.54) is 10.6 Å². The number of rotatable bonds is 6. The highest BCUT2D eigenvalue weighted by Crippen LogP contribution is 2.20. The zero-order valence-corrected chi connectivity index (χ0v) is 15.4. The van der Waals surface area contributed by atoms with Gasteiger partial charge < -0.3 is 14.0 Å². The van der Waals surface area contributed by atoms with Crippen LogP contribution in [-0.4, -0.2) is 29.7 Å². The van der Waals surface area contributed by atoms with E-state index in [0.29, 0.717) is 10.4 Å². The number of carbonyl (C=O) groups is 2. The van der Waals surface area contributed by atoms with Gasteiger partial charge in [-0.15, -0.1) is 0 Å². The minimum Gasteiger partial charge on any atom is -0.484 e. The predicted octanol–water partition coefficient (Wildman–Crippen LogP) is 2.91. The summed E-state index contributed by atoms with van der Waals surface area (Å²) in [5.74, 6) is -1.02. The Kier molecular flexibility index (Phi) is 5.97. The van der Waals surface area contributed by atoms with Crippen LogP contribution in [0.25, 0.3) is 10.2 Å². The van der Waals surface area contributed by atoms with Crippen LogP contribution in [0.4, 0.5) is 4.39 Å². The van der Waals surface area contributed by atoms with Gasteiger partial charge in [-0.05, 0) is 31.2 Å². The summed E-state index contributed by atoms with van der Waals surface area (Å²) >= 11 is 1.12. The van der Waals surface area contributed by atoms with E-state index in [9.17, 15) is 14.0 Å². The highest BCUT2D eigenvalue weighted by atomic mass is 32.1. The third kappa shape index (κ3) is 4.59. The first-order valence-corrected chi connectivity index (χ1v) is 9.09. The first kappa shape index (κ1) is 18.8. The van der Waals surface area contributed by atoms with Crippen LogP contribution in [0.15, 0.2) is 53.5 Å². The van der Waals surface area contributed by atoms with Gasteiger partial charge in [0.15, 0.2) is 11.4 Å². The topological polar surface area (TPSA) is 69.9 Å². The van der Waals surface area contributed by atoms with Crippen molar-refractivity contribution in [3.8, 4) is 5.75 Å². The normalized spacial score (nSPS) is 11.6. The molecular formula is C19H17FN2O4S. The van der Waals surface area contributed by atoms with Gasteiger partial charge in [0, 0.05) is 0 Å². The third-order valence-electron chi connectivity index (χ3n) is 3.57. The molecule has 0 saturated carbocycles. The molecule has 0 bridgehead atoms. The number of para-hydroxylation sites is 2. The number of carbonyl (C=O) groups excluding carboxylic acids is 2. The molecule has 0 aliphatic carbocycles. The van der Waals surface area contributed by atoms with Crippen molar-refractivity contribution in [3.05, 3.63) is 59.1 Å². The number of benzene rings is 2. The Morgan fingerprint density at radius 3 is 2.67 bits per heavy atom. The molecule has 8 heteroatoms. The second-order valence-electron chi connectivity index (χ2n) is 5.47. The summed E-state index contributed by atoms with van der Waals surface area (Å²) in [6, 6.07) is 13.4. The fraction of sp³-hybridized carbons (Fsp3) is 0.211. The summed E-state index contributed by atoms with van der Waals surface area (Å²) in [7, 11) is 0. The number of nitrogens with zero attached hydrogens (tertiary/aromatic N) is 2. The molecule has 0 atom stereocenters. The van der Waals surface area contributed by atoms with Crippen LogP contribution >= 0.6 is 11.3 Å². The SMILES string of the molecule is CCOC(=O)Cn1c(=NC(=O)COc2ccccc2)sc2cccc(F)c21. The number of halogens is 1. The summed E-state index contributed by atoms with van der Waals surface area (Å²) < 4.78 is 26.5. The van der Waals surface area contributed by atoms with Gasteiger partial charge >= 0.3 is 5.97 Å². The lowest BCUT2D eigenvalue weighted by Gasteiger charge is -2.06. The fourth-order valence-electron chi connectivity index (χ4n) is 2.46. The maximum Gasteiger partial charge on any atom is 0.326 e. The second-order valence-corrected chi connectivity index (χ2v) is 6.48. The molecule has 0 aliphatic rings. The Bertz CT molecular complexity index is 1030. The summed E-state index contributed by atoms with van der Waals surface area (Å²) in [5.41, 5.74) is 0.214. The molecule has 0 aliphatic heterocycles. The van der Waals surface area contributed by atoms with E-state index in [0.717, 1.165) is 11.3 Å². The molecule has 0 N–H and O–H groups in total. The van der Waals surface area contributed by atoms with Crippen molar-refractivity contribution >= 4 is 33.4 Å². The van der Waals surface area contributed by atoms with Crippen LogP contribution in [-0.2, 0) is 20.9 Å². The molecule has 0 fully saturated rings. The first-order chi connectivity index (χ1) is 13.1. The summed E-state index contributed by atoms with van der Waals surface area (Å²) in [4.78, 5) is 28.3. The molecule has 2 aromatic carbocycles. The highest BCUT2D eigenvalue weighted by Gasteiger charge is 2.15. The van der Waals surface area contributed by atoms with Crippen molar-refractivity contribution < 1.29 is 23.5 Å². The van der Waals surface area contributed by atoms with Gasteiger partial charge in [0.1, 0.15) is 18.1 Å². The number of thiazole rings is 1. The summed E-state index contributed by atoms with van der Waals surface area (Å²) in [6.07, 6.45) is 0. The number of hydrogen-bond donors (Lipinski definition) is 0. The van der Waals surface area contributed by atoms with Crippen LogP contribution in [0.2, 0.25) is 0 Å². The smallest absolute Gasteiger partial charge is 0.326 e. The van der Waals surface area contributed by atoms with Crippen molar-refractivity contribution in [2.75, 3.05) is 13.2 Å². The van der Waals surface area contributed by atoms with E-state index in [1.807, 2.05) is 6.07 Å². The van der Waals surface area contributed by atoms with Crippen LogP contribution in [0.3, 0.4) is 0 Å². The average molecular weight is 388 g/mol. The molecule has 3 rings (SSSR count). The Morgan fingerprint density at radius 1 is 1.15 bits per heavy atom. The Labute approximate surface area is 158 Å². The third-order valence-corrected chi connectivity index (χ3v) is 4.61. The van der Waals surface area contributed by atoms with E-state index in [4.69, 9.17) is 9.47 Å². The van der Waals surface area contributed by atoms with Crippen molar-refractivity contribution in [2.24, 2.45) is 4.99 Å². The standard InChI is InChI=1S/C19H17FN2O4S/c1-2-25-17(24)11-22-18-14(20)9-6-10-15(18)27-19(22)21-16(23)12-26-13-7-4-3-5-8-13/h3-10H,2,11-12H2,1H3. The summed E-state index contributed by atoms with van der Waals surface area (Å²) in [6.45, 7) is 1.39. The minimum absolute atomic E-state index is 0.209. The molecule has 0 unspecified atom stereocenters. The van der Waals surface area contributed by atoms with Gasteiger partial charge in [0.25, 0.3) is 5.91 Å². The molecule has 1 amide bonds. The van der Waals surface area contributed by atoms with Crippen molar-refractivity contribution in [1.82, 2.24) is 4.57 Å². The van der Waals surface area contributed by atoms with Gasteiger partial charge in [-0.3, -0.25) is 9.59 Å². The van der Waals surface area contributed by atoms with Crippen LogP contribution in [0.5, 0.6) is 5.75 Å². The van der Waals surface area contributed by atoms with Gasteiger partial charge in [0.2, 0.25) is 0 Å². The number of hydrogen-bond acceptors (Lipinski definition) is 5. The highest BCUT2D eigenvalue weighted by molar-refractivity contribution is 7.16. The van der Waals surface area contributed by atoms with Gasteiger partial charge in [-0.1, -0.05) is 35.6 Å². The molecule has 3 aromatic rings. The van der Waals surface area contributed by atoms with E-state index in [1.54, 1.807) is 43.3 Å². The van der Waals surface area contributed by atoms with E-state index >= 15 is 0 Å². The Balaban J connectivity index is 1.92. The lowest BCUT2D eigenvalue weighted by molar-refractivity contribution is -0.143. The second kappa shape index (κ2) is 8.59. The van der Waals surface area contributed by atoms with Crippen molar-refractivity contribution in [2.45, 2.75) is 13.5 Å². The number of fused-ring (bicyclic) bond motifs is 1. The van der Waals surface area contributed by atoms with Crippen LogP contribution < -0.4 is 9.54 Å². The molecule has 1 heterocycles. The first-order valence-electron chi connectivity index (χ1n) is 8.27. The molecule has 140 valence electrons. The fourth-order valence-corrected chi connectivity index (χ4v) is 3.52. The maximum absolute atomic E-state index is 14.3. The number of esters is 1. The largest absolute Gasteiger partial charge is 0.484 e. The number of amides is 1. The zero-order valence-electron chi connectivity index (χ0n) is 14.6. The molecule has 0 saturated heterocycles. The summed E-state index contributed by atoms with van der Waals surface area (Å²) in [5, 5.41) is 0. The monoisotopic (exact) mass is 388 g/mol. The molecular weight excluding hydrogens is 371 g/mol. The number of aromatic nitrogens is 1. The van der Waals surface area contributed by atoms with Crippen LogP contribution in [0.1, 0.15) is 6.92 Å². The van der Waals surface area contributed by atoms with E-state index in [2.05, 4.69) is 4.99 Å². The lowest BCUT2D eigenvalue weighted by Crippen LogP contribution is -2.24. The minimum atomic E-state index is -0.538. The van der Waals surface area contributed by atoms with Crippen molar-refractivity contribution in [1.29, 1.82) is 0 Å². The molecule has 0 spiro atoms. The van der Waals surface area contributed by atoms with Gasteiger partial charge in [-0.25, -0.2) is 4.39 Å². The molecule has 6 nitrogen and oxygen atoms in total. The van der Waals surface area contributed by atoms with Crippen LogP contribution in [0, 0.1) is 5.82 Å². The van der Waals surface area contributed by atoms with E-state index in [-0.39, 0.29) is 30.1 Å². The quantitative estimate of drug-likeness (QED) is 0.609. The molecule has 1 aromatic heterocycles. The Morgan fingerprint density at radius 2 is 1.93 bits per heavy atom. The lowest BCUT2D eigenvalue weighted by atomic mass is 10.3. The van der Waals surface area contributed by atoms with Crippen molar-refractivity contribution in [3.63, 3.8) is 0 Å². The number of ether oxygens (including phenoxy) is 2. The molecule has 27 heavy (non-hydrogen) atoms. The Hall–Kier alpha value is -3.00. The predicted molar refractivity (Wildman–Crippen MR) is 98.9 cm³/mol. The van der Waals surface area contributed by atoms with E-state index < -0.39 is 17.7 Å². The maximum atomic E-state index is 14.3.